The van der Waals surface area contributed by atoms with Gasteiger partial charge in [-0.2, -0.15) is 0 Å². The largest absolute Gasteiger partial charge is 0.370 e. The monoisotopic (exact) mass is 251 g/mol. The van der Waals surface area contributed by atoms with Crippen LogP contribution in [0.2, 0.25) is 0 Å². The molecule has 0 saturated heterocycles. The zero-order chi connectivity index (χ0) is 11.2. The molecule has 0 radical (unpaired) electrons. The van der Waals surface area contributed by atoms with Crippen LogP contribution < -0.4 is 5.32 Å². The van der Waals surface area contributed by atoms with Crippen LogP contribution in [0.5, 0.6) is 0 Å². The zero-order valence-corrected chi connectivity index (χ0v) is 10.6. The minimum atomic E-state index is 0.868. The second kappa shape index (κ2) is 5.86. The Morgan fingerprint density at radius 1 is 1.44 bits per heavy atom. The lowest BCUT2D eigenvalue weighted by molar-refractivity contribution is 1.11. The number of hydrogen-bond donors (Lipinski definition) is 1. The van der Waals surface area contributed by atoms with Crippen molar-refractivity contribution < 1.29 is 0 Å². The van der Waals surface area contributed by atoms with Crippen LogP contribution in [0.25, 0.3) is 0 Å². The normalized spacial score (nSPS) is 10.3. The molecule has 84 valence electrons. The third-order valence-corrected chi connectivity index (χ3v) is 3.92. The number of thioether (sulfide) groups is 1. The molecule has 2 rings (SSSR count). The quantitative estimate of drug-likeness (QED) is 0.828. The summed E-state index contributed by atoms with van der Waals surface area (Å²) in [5.41, 5.74) is 1.08. The molecule has 0 bridgehead atoms. The van der Waals surface area contributed by atoms with Crippen molar-refractivity contribution in [1.29, 1.82) is 0 Å². The van der Waals surface area contributed by atoms with E-state index in [1.54, 1.807) is 23.1 Å². The second-order valence-electron chi connectivity index (χ2n) is 3.13. The van der Waals surface area contributed by atoms with Crippen molar-refractivity contribution in [2.75, 3.05) is 11.9 Å². The lowest BCUT2D eigenvalue weighted by atomic mass is 10.4. The molecule has 0 fully saturated rings. The average Bonchev–Trinajstić information content (AvgIpc) is 2.80. The maximum atomic E-state index is 4.51. The van der Waals surface area contributed by atoms with Crippen molar-refractivity contribution in [1.82, 2.24) is 9.97 Å². The number of thiazole rings is 1. The lowest BCUT2D eigenvalue weighted by Crippen LogP contribution is -2.00. The molecule has 0 atom stereocenters. The van der Waals surface area contributed by atoms with Crippen LogP contribution in [-0.2, 0) is 5.75 Å². The second-order valence-corrected chi connectivity index (χ2v) is 5.25. The van der Waals surface area contributed by atoms with Crippen molar-refractivity contribution in [3.8, 4) is 0 Å². The van der Waals surface area contributed by atoms with Gasteiger partial charge in [0.1, 0.15) is 10.2 Å². The van der Waals surface area contributed by atoms with E-state index in [9.17, 15) is 0 Å². The van der Waals surface area contributed by atoms with Crippen LogP contribution in [0.15, 0.2) is 34.1 Å². The zero-order valence-electron chi connectivity index (χ0n) is 9.01. The minimum absolute atomic E-state index is 0.868. The molecule has 0 aliphatic heterocycles. The molecule has 2 aromatic heterocycles. The van der Waals surface area contributed by atoms with Crippen LogP contribution in [0, 0.1) is 0 Å². The lowest BCUT2D eigenvalue weighted by Gasteiger charge is -2.04. The van der Waals surface area contributed by atoms with Gasteiger partial charge in [0.2, 0.25) is 0 Å². The molecule has 2 heterocycles. The predicted molar refractivity (Wildman–Crippen MR) is 70.1 cm³/mol. The van der Waals surface area contributed by atoms with Gasteiger partial charge in [-0.3, -0.25) is 0 Å². The molecule has 0 aliphatic rings. The van der Waals surface area contributed by atoms with Crippen LogP contribution in [0.4, 0.5) is 5.82 Å². The summed E-state index contributed by atoms with van der Waals surface area (Å²) in [7, 11) is 0. The standard InChI is InChI=1S/C11H13N3S2/c1-2-12-10-5-3-4-9(14-10)8-16-11-13-6-7-15-11/h3-7H,2,8H2,1H3,(H,12,14). The van der Waals surface area contributed by atoms with E-state index < -0.39 is 0 Å². The highest BCUT2D eigenvalue weighted by atomic mass is 32.2. The molecule has 0 spiro atoms. The Labute approximate surface area is 103 Å². The van der Waals surface area contributed by atoms with Gasteiger partial charge in [0.25, 0.3) is 0 Å². The molecular formula is C11H13N3S2. The first-order valence-corrected chi connectivity index (χ1v) is 6.97. The summed E-state index contributed by atoms with van der Waals surface area (Å²) in [6, 6.07) is 6.06. The first-order chi connectivity index (χ1) is 7.88. The smallest absolute Gasteiger partial charge is 0.150 e. The molecular weight excluding hydrogens is 238 g/mol. The third kappa shape index (κ3) is 3.21. The van der Waals surface area contributed by atoms with Gasteiger partial charge in [-0.05, 0) is 19.1 Å². The van der Waals surface area contributed by atoms with Crippen molar-refractivity contribution >= 4 is 28.9 Å². The highest BCUT2D eigenvalue weighted by molar-refractivity contribution is 8.00. The van der Waals surface area contributed by atoms with Crippen molar-refractivity contribution in [3.05, 3.63) is 35.5 Å². The van der Waals surface area contributed by atoms with Gasteiger partial charge in [-0.25, -0.2) is 9.97 Å². The fourth-order valence-corrected chi connectivity index (χ4v) is 2.80. The fourth-order valence-electron chi connectivity index (χ4n) is 1.26. The minimum Gasteiger partial charge on any atom is -0.370 e. The highest BCUT2D eigenvalue weighted by Gasteiger charge is 2.00. The fraction of sp³-hybridized carbons (Fsp3) is 0.273. The van der Waals surface area contributed by atoms with Gasteiger partial charge in [-0.15, -0.1) is 11.3 Å². The molecule has 2 aromatic rings. The van der Waals surface area contributed by atoms with E-state index in [1.807, 2.05) is 29.8 Å². The average molecular weight is 251 g/mol. The molecule has 0 aromatic carbocycles. The molecule has 3 nitrogen and oxygen atoms in total. The molecule has 0 aliphatic carbocycles. The van der Waals surface area contributed by atoms with E-state index in [-0.39, 0.29) is 0 Å². The summed E-state index contributed by atoms with van der Waals surface area (Å²) >= 11 is 3.39. The van der Waals surface area contributed by atoms with E-state index in [2.05, 4.69) is 22.2 Å². The van der Waals surface area contributed by atoms with E-state index in [0.29, 0.717) is 0 Å². The van der Waals surface area contributed by atoms with E-state index in [1.165, 1.54) is 0 Å². The molecule has 0 saturated carbocycles. The number of nitrogens with zero attached hydrogens (tertiary/aromatic N) is 2. The van der Waals surface area contributed by atoms with E-state index in [0.717, 1.165) is 28.1 Å². The van der Waals surface area contributed by atoms with Crippen molar-refractivity contribution in [2.45, 2.75) is 17.0 Å². The number of anilines is 1. The van der Waals surface area contributed by atoms with Gasteiger partial charge >= 0.3 is 0 Å². The van der Waals surface area contributed by atoms with E-state index in [4.69, 9.17) is 0 Å². The van der Waals surface area contributed by atoms with Gasteiger partial charge in [0.15, 0.2) is 0 Å². The number of aromatic nitrogens is 2. The Hall–Kier alpha value is -1.07. The SMILES string of the molecule is CCNc1cccc(CSc2nccs2)n1. The van der Waals surface area contributed by atoms with Gasteiger partial charge < -0.3 is 5.32 Å². The summed E-state index contributed by atoms with van der Waals surface area (Å²) in [6.07, 6.45) is 1.83. The molecule has 1 N–H and O–H groups in total. The summed E-state index contributed by atoms with van der Waals surface area (Å²) in [4.78, 5) is 8.73. The van der Waals surface area contributed by atoms with Gasteiger partial charge in [0.05, 0.1) is 5.69 Å². The van der Waals surface area contributed by atoms with Crippen LogP contribution in [-0.4, -0.2) is 16.5 Å². The summed E-state index contributed by atoms with van der Waals surface area (Å²) in [6.45, 7) is 2.97. The highest BCUT2D eigenvalue weighted by Crippen LogP contribution is 2.23. The Bertz CT molecular complexity index is 429. The van der Waals surface area contributed by atoms with Crippen LogP contribution >= 0.6 is 23.1 Å². The Morgan fingerprint density at radius 2 is 2.38 bits per heavy atom. The Balaban J connectivity index is 1.96. The first-order valence-electron chi connectivity index (χ1n) is 5.10. The van der Waals surface area contributed by atoms with Crippen molar-refractivity contribution in [2.24, 2.45) is 0 Å². The molecule has 0 amide bonds. The molecule has 0 unspecified atom stereocenters. The number of nitrogens with one attached hydrogen (secondary N) is 1. The van der Waals surface area contributed by atoms with Gasteiger partial charge in [-0.1, -0.05) is 17.8 Å². The maximum absolute atomic E-state index is 4.51. The molecule has 5 heteroatoms. The van der Waals surface area contributed by atoms with E-state index >= 15 is 0 Å². The summed E-state index contributed by atoms with van der Waals surface area (Å²) in [5, 5.41) is 5.20. The molecule has 16 heavy (non-hydrogen) atoms. The van der Waals surface area contributed by atoms with Crippen LogP contribution in [0.1, 0.15) is 12.6 Å². The predicted octanol–water partition coefficient (Wildman–Crippen LogP) is 3.26. The number of rotatable bonds is 5. The maximum Gasteiger partial charge on any atom is 0.150 e. The van der Waals surface area contributed by atoms with Gasteiger partial charge in [0, 0.05) is 23.9 Å². The Morgan fingerprint density at radius 3 is 3.12 bits per heavy atom. The first kappa shape index (κ1) is 11.4. The van der Waals surface area contributed by atoms with Crippen LogP contribution in [0.3, 0.4) is 0 Å². The summed E-state index contributed by atoms with van der Waals surface area (Å²) in [5.74, 6) is 1.81. The third-order valence-electron chi connectivity index (χ3n) is 1.92. The number of hydrogen-bond acceptors (Lipinski definition) is 5. The Kier molecular flexibility index (Phi) is 4.18. The number of pyridine rings is 1. The van der Waals surface area contributed by atoms with Crippen molar-refractivity contribution in [3.63, 3.8) is 0 Å². The summed E-state index contributed by atoms with van der Waals surface area (Å²) < 4.78 is 1.09. The topological polar surface area (TPSA) is 37.8 Å².